The van der Waals surface area contributed by atoms with Crippen LogP contribution in [0.3, 0.4) is 0 Å². The molecule has 1 aliphatic rings. The first-order valence-electron chi connectivity index (χ1n) is 9.54. The number of aromatic amines is 1. The fourth-order valence-electron chi connectivity index (χ4n) is 3.29. The molecule has 2 heterocycles. The van der Waals surface area contributed by atoms with Gasteiger partial charge in [-0.05, 0) is 48.1 Å². The van der Waals surface area contributed by atoms with E-state index in [4.69, 9.17) is 0 Å². The lowest BCUT2D eigenvalue weighted by Gasteiger charge is -2.09. The molecule has 0 bridgehead atoms. The normalized spacial score (nSPS) is 14.0. The molecule has 2 aromatic heterocycles. The van der Waals surface area contributed by atoms with Gasteiger partial charge in [-0.25, -0.2) is 12.8 Å². The number of rotatable bonds is 6. The van der Waals surface area contributed by atoms with E-state index in [9.17, 15) is 13.2 Å². The number of hydrogen-bond acceptors (Lipinski definition) is 5. The molecule has 31 heavy (non-hydrogen) atoms. The summed E-state index contributed by atoms with van der Waals surface area (Å²) in [6, 6.07) is 11.5. The smallest absolute Gasteiger partial charge is 0.257 e. The van der Waals surface area contributed by atoms with Crippen LogP contribution in [-0.4, -0.2) is 29.8 Å². The number of carbonyl (C=O) groups excluding carboxylic acids is 1. The number of halogens is 1. The predicted octanol–water partition coefficient (Wildman–Crippen LogP) is 4.59. The number of anilines is 2. The molecule has 1 aliphatic carbocycles. The number of nitrogens with one attached hydrogen (secondary N) is 3. The molecular formula is C21H17FN4O3S2. The Labute approximate surface area is 181 Å². The van der Waals surface area contributed by atoms with Crippen LogP contribution in [0.15, 0.2) is 53.2 Å². The van der Waals surface area contributed by atoms with Crippen LogP contribution in [0.5, 0.6) is 0 Å². The maximum atomic E-state index is 15.2. The summed E-state index contributed by atoms with van der Waals surface area (Å²) in [5, 5.41) is 13.0. The highest BCUT2D eigenvalue weighted by Gasteiger charge is 2.35. The third kappa shape index (κ3) is 3.79. The second-order valence-corrected chi connectivity index (χ2v) is 10.1. The second kappa shape index (κ2) is 7.47. The van der Waals surface area contributed by atoms with Crippen molar-refractivity contribution in [2.75, 3.05) is 10.0 Å². The van der Waals surface area contributed by atoms with Gasteiger partial charge in [0.1, 0.15) is 5.52 Å². The van der Waals surface area contributed by atoms with Gasteiger partial charge in [-0.3, -0.25) is 14.6 Å². The fourth-order valence-corrected chi connectivity index (χ4v) is 5.31. The summed E-state index contributed by atoms with van der Waals surface area (Å²) in [4.78, 5) is 12.3. The van der Waals surface area contributed by atoms with Gasteiger partial charge in [-0.15, -0.1) is 0 Å². The summed E-state index contributed by atoms with van der Waals surface area (Å²) in [5.41, 5.74) is 2.06. The largest absolute Gasteiger partial charge is 0.305 e. The van der Waals surface area contributed by atoms with Gasteiger partial charge in [0.05, 0.1) is 10.8 Å². The maximum absolute atomic E-state index is 15.2. The number of H-pyrrole nitrogens is 1. The van der Waals surface area contributed by atoms with E-state index in [0.29, 0.717) is 40.6 Å². The Balaban J connectivity index is 1.40. The molecule has 0 saturated heterocycles. The van der Waals surface area contributed by atoms with Crippen molar-refractivity contribution in [1.29, 1.82) is 0 Å². The number of hydrogen-bond donors (Lipinski definition) is 3. The van der Waals surface area contributed by atoms with Crippen molar-refractivity contribution in [3.8, 4) is 11.1 Å². The first kappa shape index (κ1) is 19.7. The van der Waals surface area contributed by atoms with Gasteiger partial charge in [0.2, 0.25) is 10.0 Å². The van der Waals surface area contributed by atoms with E-state index in [0.717, 1.165) is 0 Å². The average molecular weight is 457 g/mol. The zero-order valence-corrected chi connectivity index (χ0v) is 17.7. The highest BCUT2D eigenvalue weighted by Crippen LogP contribution is 2.33. The average Bonchev–Trinajstić information content (AvgIpc) is 3.33. The highest BCUT2D eigenvalue weighted by molar-refractivity contribution is 7.93. The van der Waals surface area contributed by atoms with Crippen molar-refractivity contribution in [3.63, 3.8) is 0 Å². The van der Waals surface area contributed by atoms with Gasteiger partial charge < -0.3 is 5.32 Å². The summed E-state index contributed by atoms with van der Waals surface area (Å²) < 4.78 is 41.9. The van der Waals surface area contributed by atoms with E-state index in [1.165, 1.54) is 11.3 Å². The predicted molar refractivity (Wildman–Crippen MR) is 119 cm³/mol. The number of aromatic nitrogens is 2. The molecule has 7 nitrogen and oxygen atoms in total. The van der Waals surface area contributed by atoms with E-state index < -0.39 is 15.8 Å². The lowest BCUT2D eigenvalue weighted by atomic mass is 10.0. The van der Waals surface area contributed by atoms with Crippen molar-refractivity contribution in [2.24, 2.45) is 0 Å². The molecule has 158 valence electrons. The number of nitrogens with zero attached hydrogens (tertiary/aromatic N) is 1. The van der Waals surface area contributed by atoms with E-state index in [-0.39, 0.29) is 22.5 Å². The topological polar surface area (TPSA) is 104 Å². The van der Waals surface area contributed by atoms with Crippen LogP contribution in [-0.2, 0) is 10.0 Å². The Morgan fingerprint density at radius 2 is 1.90 bits per heavy atom. The minimum atomic E-state index is -3.35. The first-order valence-corrected chi connectivity index (χ1v) is 12.0. The molecule has 2 aromatic carbocycles. The van der Waals surface area contributed by atoms with E-state index in [2.05, 4.69) is 20.2 Å². The molecule has 10 heteroatoms. The number of thiophene rings is 1. The number of amides is 1. The summed E-state index contributed by atoms with van der Waals surface area (Å²) >= 11 is 1.41. The molecular weight excluding hydrogens is 439 g/mol. The van der Waals surface area contributed by atoms with Crippen LogP contribution >= 0.6 is 11.3 Å². The number of fused-ring (bicyclic) bond motifs is 1. The van der Waals surface area contributed by atoms with E-state index >= 15 is 4.39 Å². The fraction of sp³-hybridized carbons (Fsp3) is 0.143. The molecule has 5 rings (SSSR count). The summed E-state index contributed by atoms with van der Waals surface area (Å²) in [6.07, 6.45) is 1.36. The monoisotopic (exact) mass is 456 g/mol. The molecule has 0 unspecified atom stereocenters. The Kier molecular flexibility index (Phi) is 4.75. The molecule has 0 radical (unpaired) electrons. The quantitative estimate of drug-likeness (QED) is 0.395. The van der Waals surface area contributed by atoms with Gasteiger partial charge in [0, 0.05) is 22.0 Å². The van der Waals surface area contributed by atoms with Crippen LogP contribution in [0, 0.1) is 5.82 Å². The summed E-state index contributed by atoms with van der Waals surface area (Å²) in [6.45, 7) is 0. The van der Waals surface area contributed by atoms with Gasteiger partial charge in [0.25, 0.3) is 5.91 Å². The Hall–Kier alpha value is -3.24. The zero-order chi connectivity index (χ0) is 21.6. The molecule has 0 atom stereocenters. The van der Waals surface area contributed by atoms with Gasteiger partial charge in [0.15, 0.2) is 11.6 Å². The first-order chi connectivity index (χ1) is 14.9. The summed E-state index contributed by atoms with van der Waals surface area (Å²) in [7, 11) is -3.35. The van der Waals surface area contributed by atoms with Gasteiger partial charge in [-0.1, -0.05) is 18.2 Å². The van der Waals surface area contributed by atoms with Crippen molar-refractivity contribution >= 4 is 49.7 Å². The lowest BCUT2D eigenvalue weighted by molar-refractivity contribution is 0.102. The minimum Gasteiger partial charge on any atom is -0.305 e. The van der Waals surface area contributed by atoms with Crippen LogP contribution in [0.4, 0.5) is 15.9 Å². The molecule has 3 N–H and O–H groups in total. The molecule has 0 aliphatic heterocycles. The van der Waals surface area contributed by atoms with E-state index in [1.807, 2.05) is 0 Å². The van der Waals surface area contributed by atoms with Crippen LogP contribution in [0.2, 0.25) is 0 Å². The van der Waals surface area contributed by atoms with Crippen LogP contribution in [0.25, 0.3) is 22.0 Å². The number of carbonyl (C=O) groups is 1. The van der Waals surface area contributed by atoms with Crippen molar-refractivity contribution in [3.05, 3.63) is 64.6 Å². The standard InChI is InChI=1S/C21H17FN4O3S2/c22-18-16(12-1-3-14(4-2-12)26-31(28,29)15-5-6-15)7-8-17-19(18)24-25-20(17)23-21(27)13-9-10-30-11-13/h1-4,7-11,15,26H,5-6H2,(H2,23,24,25,27). The minimum absolute atomic E-state index is 0.177. The Morgan fingerprint density at radius 1 is 1.13 bits per heavy atom. The number of sulfonamides is 1. The second-order valence-electron chi connectivity index (χ2n) is 7.31. The zero-order valence-electron chi connectivity index (χ0n) is 16.1. The van der Waals surface area contributed by atoms with Crippen LogP contribution in [0.1, 0.15) is 23.2 Å². The van der Waals surface area contributed by atoms with E-state index in [1.54, 1.807) is 53.2 Å². The Morgan fingerprint density at radius 3 is 2.58 bits per heavy atom. The molecule has 0 spiro atoms. The highest BCUT2D eigenvalue weighted by atomic mass is 32.2. The SMILES string of the molecule is O=C(Nc1n[nH]c2c(F)c(-c3ccc(NS(=O)(=O)C4CC4)cc3)ccc12)c1ccsc1. The summed E-state index contributed by atoms with van der Waals surface area (Å²) in [5.74, 6) is -0.572. The van der Waals surface area contributed by atoms with Gasteiger partial charge in [-0.2, -0.15) is 16.4 Å². The van der Waals surface area contributed by atoms with Crippen LogP contribution < -0.4 is 10.0 Å². The third-order valence-corrected chi connectivity index (χ3v) is 7.66. The molecule has 1 fully saturated rings. The van der Waals surface area contributed by atoms with Gasteiger partial charge >= 0.3 is 0 Å². The molecule has 1 amide bonds. The lowest BCUT2D eigenvalue weighted by Crippen LogP contribution is -2.17. The molecule has 4 aromatic rings. The number of benzene rings is 2. The third-order valence-electron chi connectivity index (χ3n) is 5.11. The maximum Gasteiger partial charge on any atom is 0.257 e. The van der Waals surface area contributed by atoms with Crippen molar-refractivity contribution < 1.29 is 17.6 Å². The van der Waals surface area contributed by atoms with Crippen molar-refractivity contribution in [1.82, 2.24) is 10.2 Å². The molecule has 1 saturated carbocycles. The Bertz CT molecular complexity index is 1380. The van der Waals surface area contributed by atoms with Crippen molar-refractivity contribution in [2.45, 2.75) is 18.1 Å².